The molecule has 1 atom stereocenters. The van der Waals surface area contributed by atoms with Crippen molar-refractivity contribution >= 4 is 17.5 Å². The van der Waals surface area contributed by atoms with E-state index in [1.165, 1.54) is 4.90 Å². The van der Waals surface area contributed by atoms with E-state index in [2.05, 4.69) is 11.8 Å². The number of carbonyl (C=O) groups excluding carboxylic acids is 2. The second kappa shape index (κ2) is 5.25. The van der Waals surface area contributed by atoms with E-state index in [-0.39, 0.29) is 30.7 Å². The van der Waals surface area contributed by atoms with Crippen molar-refractivity contribution in [1.29, 1.82) is 0 Å². The molecular formula is C15H16N2O2. The predicted octanol–water partition coefficient (Wildman–Crippen LogP) is 1.20. The van der Waals surface area contributed by atoms with Crippen molar-refractivity contribution in [1.82, 2.24) is 0 Å². The van der Waals surface area contributed by atoms with Crippen molar-refractivity contribution < 1.29 is 9.59 Å². The fourth-order valence-electron chi connectivity index (χ4n) is 2.12. The van der Waals surface area contributed by atoms with Gasteiger partial charge in [-0.05, 0) is 24.6 Å². The summed E-state index contributed by atoms with van der Waals surface area (Å²) >= 11 is 0. The van der Waals surface area contributed by atoms with E-state index < -0.39 is 0 Å². The van der Waals surface area contributed by atoms with E-state index in [4.69, 9.17) is 5.73 Å². The molecule has 2 N–H and O–H groups in total. The van der Waals surface area contributed by atoms with Crippen LogP contribution in [0.5, 0.6) is 0 Å². The molecule has 1 fully saturated rings. The lowest BCUT2D eigenvalue weighted by molar-refractivity contribution is -0.122. The number of imide groups is 1. The first kappa shape index (κ1) is 13.3. The Bertz CT molecular complexity index is 596. The van der Waals surface area contributed by atoms with Gasteiger partial charge in [0.15, 0.2) is 0 Å². The third kappa shape index (κ3) is 2.51. The van der Waals surface area contributed by atoms with Gasteiger partial charge in [0, 0.05) is 17.9 Å². The summed E-state index contributed by atoms with van der Waals surface area (Å²) in [5.74, 6) is 5.14. The van der Waals surface area contributed by atoms with Crippen LogP contribution in [-0.2, 0) is 9.59 Å². The van der Waals surface area contributed by atoms with Crippen molar-refractivity contribution in [3.8, 4) is 11.8 Å². The van der Waals surface area contributed by atoms with E-state index in [0.717, 1.165) is 11.1 Å². The van der Waals surface area contributed by atoms with Gasteiger partial charge in [0.05, 0.1) is 12.2 Å². The highest BCUT2D eigenvalue weighted by Crippen LogP contribution is 2.29. The molecule has 2 rings (SSSR count). The maximum atomic E-state index is 12.0. The van der Waals surface area contributed by atoms with Gasteiger partial charge in [0.1, 0.15) is 0 Å². The molecule has 2 amide bonds. The van der Waals surface area contributed by atoms with Crippen LogP contribution in [0, 0.1) is 24.7 Å². The van der Waals surface area contributed by atoms with Gasteiger partial charge in [0.2, 0.25) is 11.8 Å². The van der Waals surface area contributed by atoms with Crippen LogP contribution in [0.15, 0.2) is 18.2 Å². The molecule has 1 heterocycles. The van der Waals surface area contributed by atoms with Crippen LogP contribution >= 0.6 is 0 Å². The van der Waals surface area contributed by atoms with Crippen LogP contribution < -0.4 is 10.6 Å². The Morgan fingerprint density at radius 3 is 2.74 bits per heavy atom. The summed E-state index contributed by atoms with van der Waals surface area (Å²) in [7, 11) is 0. The van der Waals surface area contributed by atoms with Gasteiger partial charge in [-0.15, -0.1) is 0 Å². The number of nitrogens with two attached hydrogens (primary N) is 1. The molecule has 0 spiro atoms. The third-order valence-corrected chi connectivity index (χ3v) is 3.16. The number of rotatable bonds is 1. The Hall–Kier alpha value is -2.12. The average Bonchev–Trinajstić information content (AvgIpc) is 2.63. The lowest BCUT2D eigenvalue weighted by atomic mass is 10.1. The molecule has 1 aromatic carbocycles. The molecule has 4 heteroatoms. The Morgan fingerprint density at radius 2 is 2.16 bits per heavy atom. The van der Waals surface area contributed by atoms with E-state index in [1.54, 1.807) is 13.0 Å². The molecule has 0 radical (unpaired) electrons. The number of hydrogen-bond acceptors (Lipinski definition) is 3. The molecule has 0 bridgehead atoms. The summed E-state index contributed by atoms with van der Waals surface area (Å²) in [6.07, 6.45) is 0.275. The van der Waals surface area contributed by atoms with Crippen molar-refractivity contribution in [3.05, 3.63) is 29.3 Å². The van der Waals surface area contributed by atoms with Gasteiger partial charge in [-0.2, -0.15) is 0 Å². The first-order chi connectivity index (χ1) is 9.04. The Morgan fingerprint density at radius 1 is 1.42 bits per heavy atom. The third-order valence-electron chi connectivity index (χ3n) is 3.16. The monoisotopic (exact) mass is 256 g/mol. The molecule has 1 saturated heterocycles. The van der Waals surface area contributed by atoms with Gasteiger partial charge >= 0.3 is 0 Å². The predicted molar refractivity (Wildman–Crippen MR) is 73.4 cm³/mol. The van der Waals surface area contributed by atoms with Crippen LogP contribution in [0.25, 0.3) is 0 Å². The van der Waals surface area contributed by atoms with Crippen molar-refractivity contribution in [3.63, 3.8) is 0 Å². The SMILES string of the molecule is Cc1ccc(C#CCN)cc1N1C(=O)CC(C)C1=O. The van der Waals surface area contributed by atoms with Crippen molar-refractivity contribution in [2.75, 3.05) is 11.4 Å². The highest BCUT2D eigenvalue weighted by atomic mass is 16.2. The minimum absolute atomic E-state index is 0.142. The largest absolute Gasteiger partial charge is 0.320 e. The highest BCUT2D eigenvalue weighted by Gasteiger charge is 2.37. The van der Waals surface area contributed by atoms with Gasteiger partial charge in [-0.1, -0.05) is 24.8 Å². The minimum atomic E-state index is -0.245. The van der Waals surface area contributed by atoms with Gasteiger partial charge < -0.3 is 5.73 Å². The molecule has 0 aliphatic carbocycles. The number of benzene rings is 1. The molecule has 4 nitrogen and oxygen atoms in total. The number of nitrogens with zero attached hydrogens (tertiary/aromatic N) is 1. The first-order valence-electron chi connectivity index (χ1n) is 6.21. The molecule has 1 aliphatic heterocycles. The maximum absolute atomic E-state index is 12.0. The molecule has 0 aromatic heterocycles. The van der Waals surface area contributed by atoms with Crippen molar-refractivity contribution in [2.45, 2.75) is 20.3 Å². The summed E-state index contributed by atoms with van der Waals surface area (Å²) in [6, 6.07) is 5.49. The Kier molecular flexibility index (Phi) is 3.68. The van der Waals surface area contributed by atoms with Crippen LogP contribution in [0.1, 0.15) is 24.5 Å². The quantitative estimate of drug-likeness (QED) is 0.606. The summed E-state index contributed by atoms with van der Waals surface area (Å²) in [5.41, 5.74) is 7.60. The van der Waals surface area contributed by atoms with E-state index in [9.17, 15) is 9.59 Å². The van der Waals surface area contributed by atoms with Gasteiger partial charge in [-0.25, -0.2) is 0 Å². The zero-order valence-electron chi connectivity index (χ0n) is 11.1. The summed E-state index contributed by atoms with van der Waals surface area (Å²) in [4.78, 5) is 25.2. The fourth-order valence-corrected chi connectivity index (χ4v) is 2.12. The summed E-state index contributed by atoms with van der Waals surface area (Å²) < 4.78 is 0. The molecule has 1 aromatic rings. The van der Waals surface area contributed by atoms with Crippen molar-refractivity contribution in [2.24, 2.45) is 11.7 Å². The lowest BCUT2D eigenvalue weighted by Crippen LogP contribution is -2.30. The number of amides is 2. The zero-order chi connectivity index (χ0) is 14.0. The molecular weight excluding hydrogens is 240 g/mol. The second-order valence-electron chi connectivity index (χ2n) is 4.68. The summed E-state index contributed by atoms with van der Waals surface area (Å²) in [5, 5.41) is 0. The smallest absolute Gasteiger partial charge is 0.237 e. The maximum Gasteiger partial charge on any atom is 0.237 e. The molecule has 1 unspecified atom stereocenters. The van der Waals surface area contributed by atoms with Crippen LogP contribution in [0.2, 0.25) is 0 Å². The average molecular weight is 256 g/mol. The number of anilines is 1. The molecule has 0 saturated carbocycles. The van der Waals surface area contributed by atoms with Crippen LogP contribution in [-0.4, -0.2) is 18.4 Å². The number of carbonyl (C=O) groups is 2. The molecule has 98 valence electrons. The highest BCUT2D eigenvalue weighted by molar-refractivity contribution is 6.21. The Labute approximate surface area is 112 Å². The van der Waals surface area contributed by atoms with E-state index in [0.29, 0.717) is 5.69 Å². The molecule has 1 aliphatic rings. The summed E-state index contributed by atoms with van der Waals surface area (Å²) in [6.45, 7) is 3.93. The number of hydrogen-bond donors (Lipinski definition) is 1. The van der Waals surface area contributed by atoms with E-state index in [1.807, 2.05) is 19.1 Å². The van der Waals surface area contributed by atoms with E-state index >= 15 is 0 Å². The zero-order valence-corrected chi connectivity index (χ0v) is 11.1. The van der Waals surface area contributed by atoms with Crippen LogP contribution in [0.3, 0.4) is 0 Å². The minimum Gasteiger partial charge on any atom is -0.320 e. The topological polar surface area (TPSA) is 63.4 Å². The van der Waals surface area contributed by atoms with Gasteiger partial charge in [0.25, 0.3) is 0 Å². The first-order valence-corrected chi connectivity index (χ1v) is 6.21. The second-order valence-corrected chi connectivity index (χ2v) is 4.68. The molecule has 19 heavy (non-hydrogen) atoms. The van der Waals surface area contributed by atoms with Crippen LogP contribution in [0.4, 0.5) is 5.69 Å². The lowest BCUT2D eigenvalue weighted by Gasteiger charge is -2.17. The van der Waals surface area contributed by atoms with Gasteiger partial charge in [-0.3, -0.25) is 14.5 Å². The number of aryl methyl sites for hydroxylation is 1. The Balaban J connectivity index is 2.44. The standard InChI is InChI=1S/C15H16N2O2/c1-10-5-6-12(4-3-7-16)9-13(10)17-14(18)8-11(2)15(17)19/h5-6,9,11H,7-8,16H2,1-2H3. The fraction of sp³-hybridized carbons (Fsp3) is 0.333. The normalized spacial score (nSPS) is 18.5.